The third-order valence-corrected chi connectivity index (χ3v) is 4.30. The molecular weight excluding hydrogens is 268 g/mol. The molecule has 1 aromatic rings. The maximum absolute atomic E-state index is 11.8. The van der Waals surface area contributed by atoms with E-state index in [0.717, 1.165) is 24.4 Å². The Morgan fingerprint density at radius 3 is 2.80 bits per heavy atom. The summed E-state index contributed by atoms with van der Waals surface area (Å²) in [4.78, 5) is 14.7. The van der Waals surface area contributed by atoms with E-state index in [1.807, 2.05) is 14.0 Å². The Morgan fingerprint density at radius 1 is 1.40 bits per heavy atom. The fraction of sp³-hybridized carbons (Fsp3) is 0.562. The molecule has 0 aromatic heterocycles. The van der Waals surface area contributed by atoms with Crippen molar-refractivity contribution in [2.45, 2.75) is 38.1 Å². The number of carbonyl (C=O) groups is 1. The molecule has 0 bridgehead atoms. The molecule has 0 fully saturated rings. The molecule has 1 atom stereocenters. The smallest absolute Gasteiger partial charge is 0.232 e. The highest BCUT2D eigenvalue weighted by molar-refractivity contribution is 8.00. The highest BCUT2D eigenvalue weighted by Crippen LogP contribution is 2.22. The highest BCUT2D eigenvalue weighted by Gasteiger charge is 2.09. The topological polar surface area (TPSA) is 32.3 Å². The SMILES string of the molecule is CCCNC(C)c1cccc(SCC(=O)N(C)CC)c1. The normalized spacial score (nSPS) is 12.2. The molecule has 0 saturated carbocycles. The number of nitrogens with zero attached hydrogens (tertiary/aromatic N) is 1. The summed E-state index contributed by atoms with van der Waals surface area (Å²) in [5.74, 6) is 0.685. The van der Waals surface area contributed by atoms with Crippen molar-refractivity contribution in [2.75, 3.05) is 25.9 Å². The van der Waals surface area contributed by atoms with Gasteiger partial charge in [-0.25, -0.2) is 0 Å². The van der Waals surface area contributed by atoms with Gasteiger partial charge in [-0.05, 0) is 44.5 Å². The lowest BCUT2D eigenvalue weighted by molar-refractivity contribution is -0.126. The van der Waals surface area contributed by atoms with Crippen LogP contribution in [0.15, 0.2) is 29.2 Å². The van der Waals surface area contributed by atoms with Gasteiger partial charge in [0.25, 0.3) is 0 Å². The van der Waals surface area contributed by atoms with Crippen molar-refractivity contribution in [3.05, 3.63) is 29.8 Å². The molecule has 4 heteroatoms. The Morgan fingerprint density at radius 2 is 2.15 bits per heavy atom. The molecule has 1 amide bonds. The summed E-state index contributed by atoms with van der Waals surface area (Å²) in [7, 11) is 1.84. The van der Waals surface area contributed by atoms with Crippen LogP contribution in [0, 0.1) is 0 Å². The second-order valence-corrected chi connectivity index (χ2v) is 5.99. The average molecular weight is 294 g/mol. The van der Waals surface area contributed by atoms with E-state index in [0.29, 0.717) is 11.8 Å². The van der Waals surface area contributed by atoms with Gasteiger partial charge in [0.1, 0.15) is 0 Å². The Bertz CT molecular complexity index is 423. The molecule has 0 spiro atoms. The predicted octanol–water partition coefficient (Wildman–Crippen LogP) is 3.32. The summed E-state index contributed by atoms with van der Waals surface area (Å²) >= 11 is 1.61. The van der Waals surface area contributed by atoms with Crippen LogP contribution in [0.4, 0.5) is 0 Å². The van der Waals surface area contributed by atoms with Crippen molar-refractivity contribution in [3.63, 3.8) is 0 Å². The molecule has 0 heterocycles. The van der Waals surface area contributed by atoms with Gasteiger partial charge in [0.05, 0.1) is 5.75 Å². The molecule has 0 aliphatic carbocycles. The summed E-state index contributed by atoms with van der Waals surface area (Å²) in [6.07, 6.45) is 1.14. The van der Waals surface area contributed by atoms with E-state index >= 15 is 0 Å². The van der Waals surface area contributed by atoms with Crippen molar-refractivity contribution in [1.82, 2.24) is 10.2 Å². The number of hydrogen-bond acceptors (Lipinski definition) is 3. The first kappa shape index (κ1) is 17.1. The highest BCUT2D eigenvalue weighted by atomic mass is 32.2. The maximum Gasteiger partial charge on any atom is 0.232 e. The molecule has 0 radical (unpaired) electrons. The number of rotatable bonds is 8. The van der Waals surface area contributed by atoms with Gasteiger partial charge in [-0.2, -0.15) is 0 Å². The minimum Gasteiger partial charge on any atom is -0.345 e. The average Bonchev–Trinajstić information content (AvgIpc) is 2.49. The van der Waals surface area contributed by atoms with Crippen molar-refractivity contribution < 1.29 is 4.79 Å². The van der Waals surface area contributed by atoms with Crippen LogP contribution in [0.5, 0.6) is 0 Å². The lowest BCUT2D eigenvalue weighted by atomic mass is 10.1. The lowest BCUT2D eigenvalue weighted by Crippen LogP contribution is -2.27. The molecule has 1 aromatic carbocycles. The zero-order valence-corrected chi connectivity index (χ0v) is 13.8. The molecule has 1 N–H and O–H groups in total. The van der Waals surface area contributed by atoms with E-state index in [9.17, 15) is 4.79 Å². The molecule has 0 aliphatic heterocycles. The summed E-state index contributed by atoms with van der Waals surface area (Å²) in [5, 5.41) is 3.48. The number of amides is 1. The van der Waals surface area contributed by atoms with E-state index in [4.69, 9.17) is 0 Å². The van der Waals surface area contributed by atoms with Gasteiger partial charge in [0.2, 0.25) is 5.91 Å². The van der Waals surface area contributed by atoms with Crippen LogP contribution in [0.2, 0.25) is 0 Å². The zero-order chi connectivity index (χ0) is 15.0. The van der Waals surface area contributed by atoms with Crippen LogP contribution < -0.4 is 5.32 Å². The van der Waals surface area contributed by atoms with Crippen molar-refractivity contribution in [2.24, 2.45) is 0 Å². The first-order valence-electron chi connectivity index (χ1n) is 7.28. The third kappa shape index (κ3) is 5.55. The summed E-state index contributed by atoms with van der Waals surface area (Å²) in [6.45, 7) is 8.12. The zero-order valence-electron chi connectivity index (χ0n) is 13.0. The van der Waals surface area contributed by atoms with Crippen LogP contribution in [0.25, 0.3) is 0 Å². The second kappa shape index (κ2) is 9.03. The van der Waals surface area contributed by atoms with Gasteiger partial charge in [-0.3, -0.25) is 4.79 Å². The fourth-order valence-corrected chi connectivity index (χ4v) is 2.69. The number of thioether (sulfide) groups is 1. The first-order valence-corrected chi connectivity index (χ1v) is 8.27. The minimum absolute atomic E-state index is 0.181. The Hall–Kier alpha value is -1.00. The van der Waals surface area contributed by atoms with Crippen LogP contribution in [-0.2, 0) is 4.79 Å². The molecule has 3 nitrogen and oxygen atoms in total. The first-order chi connectivity index (χ1) is 9.58. The molecule has 1 unspecified atom stereocenters. The van der Waals surface area contributed by atoms with E-state index in [1.165, 1.54) is 5.56 Å². The monoisotopic (exact) mass is 294 g/mol. The number of hydrogen-bond donors (Lipinski definition) is 1. The van der Waals surface area contributed by atoms with Gasteiger partial charge in [-0.1, -0.05) is 19.1 Å². The Balaban J connectivity index is 2.57. The van der Waals surface area contributed by atoms with Crippen molar-refractivity contribution >= 4 is 17.7 Å². The molecule has 1 rings (SSSR count). The predicted molar refractivity (Wildman–Crippen MR) is 87.2 cm³/mol. The standard InChI is InChI=1S/C16H26N2OS/c1-5-10-17-13(3)14-8-7-9-15(11-14)20-12-16(19)18(4)6-2/h7-9,11,13,17H,5-6,10,12H2,1-4H3. The molecule has 0 saturated heterocycles. The third-order valence-electron chi connectivity index (χ3n) is 3.32. The van der Waals surface area contributed by atoms with Crippen LogP contribution in [0.3, 0.4) is 0 Å². The largest absolute Gasteiger partial charge is 0.345 e. The van der Waals surface area contributed by atoms with Crippen LogP contribution >= 0.6 is 11.8 Å². The van der Waals surface area contributed by atoms with E-state index in [2.05, 4.69) is 43.4 Å². The van der Waals surface area contributed by atoms with E-state index in [1.54, 1.807) is 16.7 Å². The van der Waals surface area contributed by atoms with Crippen LogP contribution in [0.1, 0.15) is 38.8 Å². The van der Waals surface area contributed by atoms with Gasteiger partial charge >= 0.3 is 0 Å². The van der Waals surface area contributed by atoms with E-state index < -0.39 is 0 Å². The van der Waals surface area contributed by atoms with Gasteiger partial charge < -0.3 is 10.2 Å². The Labute approximate surface area is 127 Å². The second-order valence-electron chi connectivity index (χ2n) is 4.94. The van der Waals surface area contributed by atoms with Crippen molar-refractivity contribution in [3.8, 4) is 0 Å². The van der Waals surface area contributed by atoms with Gasteiger partial charge in [0, 0.05) is 24.5 Å². The van der Waals surface area contributed by atoms with E-state index in [-0.39, 0.29) is 5.91 Å². The summed E-state index contributed by atoms with van der Waals surface area (Å²) in [6, 6.07) is 8.80. The fourth-order valence-electron chi connectivity index (χ4n) is 1.78. The molecule has 112 valence electrons. The molecule has 20 heavy (non-hydrogen) atoms. The lowest BCUT2D eigenvalue weighted by Gasteiger charge is -2.16. The Kier molecular flexibility index (Phi) is 7.70. The number of benzene rings is 1. The summed E-state index contributed by atoms with van der Waals surface area (Å²) < 4.78 is 0. The number of nitrogens with one attached hydrogen (secondary N) is 1. The molecule has 0 aliphatic rings. The maximum atomic E-state index is 11.8. The summed E-state index contributed by atoms with van der Waals surface area (Å²) in [5.41, 5.74) is 1.28. The number of carbonyl (C=O) groups excluding carboxylic acids is 1. The quantitative estimate of drug-likeness (QED) is 0.747. The van der Waals surface area contributed by atoms with Gasteiger partial charge in [-0.15, -0.1) is 11.8 Å². The minimum atomic E-state index is 0.181. The van der Waals surface area contributed by atoms with Crippen molar-refractivity contribution in [1.29, 1.82) is 0 Å². The van der Waals surface area contributed by atoms with Crippen LogP contribution in [-0.4, -0.2) is 36.7 Å². The molecular formula is C16H26N2OS. The van der Waals surface area contributed by atoms with Gasteiger partial charge in [0.15, 0.2) is 0 Å².